The van der Waals surface area contributed by atoms with Crippen LogP contribution in [0.2, 0.25) is 0 Å². The number of carbonyl (C=O) groups excluding carboxylic acids is 9. The van der Waals surface area contributed by atoms with E-state index in [0.717, 1.165) is 17.7 Å². The van der Waals surface area contributed by atoms with Crippen LogP contribution in [0.4, 0.5) is 4.39 Å². The standard InChI is InChI=1S/C60H71FN6O18/c1-4-60(83)40-25-45-54-35(27-66(45)58(81)39(40)30-85-59(60)82)24-38-37(33(3)41(61)26-43(38)65-54)12-8-9-21-84-31-62-57(80)32(2)22-48(72)44(23-34-10-6-5-7-11-34)64-50(74)18-17-46(70)42(63-51(75)28-67-52(76)19-20-53(67)77)15-13-36(69)14-16-47(71)55(78)56(79)49(73)29-68/h5-7,10-11,19-20,24-26,32,42,44,47,49,55-56,68,71,73,78-79,83H,4,8-9,12-18,21-23,27-31H2,1-3H3,(H,62,80)(H,63,75)(H,64,74)/t32-,42+,44+,47+,49-,55-,56-,60+/m1/s1. The van der Waals surface area contributed by atoms with Crippen LogP contribution in [-0.2, 0) is 84.2 Å². The van der Waals surface area contributed by atoms with E-state index in [1.807, 2.05) is 6.07 Å². The van der Waals surface area contributed by atoms with Crippen molar-refractivity contribution < 1.29 is 87.7 Å². The van der Waals surface area contributed by atoms with E-state index in [-0.39, 0.29) is 82.6 Å². The van der Waals surface area contributed by atoms with Gasteiger partial charge in [0.05, 0.1) is 53.8 Å². The molecule has 7 rings (SSSR count). The number of ketones is 3. The maximum Gasteiger partial charge on any atom is 0.343 e. The molecule has 25 heteroatoms. The van der Waals surface area contributed by atoms with E-state index in [0.29, 0.717) is 63.1 Å². The fraction of sp³-hybridized carbons (Fsp3) is 0.483. The Kier molecular flexibility index (Phi) is 22.0. The Balaban J connectivity index is 0.894. The number of benzene rings is 2. The number of rotatable bonds is 32. The van der Waals surface area contributed by atoms with Crippen LogP contribution in [0, 0.1) is 18.7 Å². The van der Waals surface area contributed by atoms with Crippen LogP contribution in [0.15, 0.2) is 65.5 Å². The van der Waals surface area contributed by atoms with Gasteiger partial charge in [0.1, 0.15) is 49.8 Å². The van der Waals surface area contributed by atoms with Crippen LogP contribution in [0.25, 0.3) is 22.3 Å². The van der Waals surface area contributed by atoms with Crippen LogP contribution in [0.5, 0.6) is 0 Å². The molecule has 0 saturated carbocycles. The summed E-state index contributed by atoms with van der Waals surface area (Å²) in [6, 6.07) is 11.0. The van der Waals surface area contributed by atoms with Gasteiger partial charge in [0, 0.05) is 79.4 Å². The number of amides is 5. The zero-order chi connectivity index (χ0) is 61.9. The lowest BCUT2D eigenvalue weighted by Crippen LogP contribution is -2.47. The van der Waals surface area contributed by atoms with Gasteiger partial charge in [0.25, 0.3) is 17.4 Å². The Labute approximate surface area is 487 Å². The number of aryl methyl sites for hydroxylation is 1. The summed E-state index contributed by atoms with van der Waals surface area (Å²) < 4.78 is 27.9. The number of esters is 1. The number of hydrogen-bond acceptors (Lipinski definition) is 19. The number of aliphatic hydroxyl groups excluding tert-OH is 5. The van der Waals surface area contributed by atoms with Crippen molar-refractivity contribution in [3.05, 3.63) is 110 Å². The molecule has 8 atom stereocenters. The van der Waals surface area contributed by atoms with E-state index >= 15 is 4.39 Å². The van der Waals surface area contributed by atoms with E-state index in [9.17, 15) is 73.5 Å². The minimum atomic E-state index is -1.99. The van der Waals surface area contributed by atoms with Crippen molar-refractivity contribution in [1.29, 1.82) is 0 Å². The smallest absolute Gasteiger partial charge is 0.343 e. The molecule has 0 unspecified atom stereocenters. The first-order valence-corrected chi connectivity index (χ1v) is 28.2. The molecule has 3 aliphatic heterocycles. The molecule has 4 aromatic rings. The summed E-state index contributed by atoms with van der Waals surface area (Å²) in [5.74, 6) is -7.67. The van der Waals surface area contributed by atoms with Gasteiger partial charge < -0.3 is 60.6 Å². The van der Waals surface area contributed by atoms with Gasteiger partial charge in [0.2, 0.25) is 17.7 Å². The summed E-state index contributed by atoms with van der Waals surface area (Å²) in [4.78, 5) is 136. The molecule has 0 spiro atoms. The average molecular weight is 1180 g/mol. The summed E-state index contributed by atoms with van der Waals surface area (Å²) in [6.07, 6.45) is -6.60. The molecule has 9 N–H and O–H groups in total. The highest BCUT2D eigenvalue weighted by atomic mass is 19.1. The Morgan fingerprint density at radius 3 is 2.22 bits per heavy atom. The number of hydrogen-bond donors (Lipinski definition) is 9. The second-order valence-corrected chi connectivity index (χ2v) is 21.7. The van der Waals surface area contributed by atoms with Gasteiger partial charge in [-0.1, -0.05) is 44.2 Å². The van der Waals surface area contributed by atoms with Crippen LogP contribution in [0.3, 0.4) is 0 Å². The fourth-order valence-electron chi connectivity index (χ4n) is 10.5. The maximum atomic E-state index is 15.5. The summed E-state index contributed by atoms with van der Waals surface area (Å²) >= 11 is 0. The van der Waals surface area contributed by atoms with Crippen molar-refractivity contribution in [1.82, 2.24) is 30.4 Å². The van der Waals surface area contributed by atoms with Gasteiger partial charge in [-0.2, -0.15) is 0 Å². The number of nitrogens with one attached hydrogen (secondary N) is 3. The van der Waals surface area contributed by atoms with E-state index in [1.54, 1.807) is 50.2 Å². The summed E-state index contributed by atoms with van der Waals surface area (Å²) in [5, 5.41) is 68.6. The van der Waals surface area contributed by atoms with E-state index < -0.39 is 138 Å². The highest BCUT2D eigenvalue weighted by molar-refractivity contribution is 6.14. The van der Waals surface area contributed by atoms with Crippen LogP contribution < -0.4 is 21.5 Å². The highest BCUT2D eigenvalue weighted by Crippen LogP contribution is 2.40. The number of unbranched alkanes of at least 4 members (excludes halogenated alkanes) is 1. The molecule has 5 heterocycles. The first-order chi connectivity index (χ1) is 40.4. The zero-order valence-corrected chi connectivity index (χ0v) is 47.3. The lowest BCUT2D eigenvalue weighted by Gasteiger charge is -2.31. The number of cyclic esters (lactones) is 1. The van der Waals surface area contributed by atoms with Crippen molar-refractivity contribution in [3.8, 4) is 11.4 Å². The second kappa shape index (κ2) is 28.9. The third kappa shape index (κ3) is 15.6. The summed E-state index contributed by atoms with van der Waals surface area (Å²) in [6.45, 7) is 3.09. The molecule has 0 saturated heterocycles. The molecule has 85 heavy (non-hydrogen) atoms. The number of ether oxygens (including phenoxy) is 2. The van der Waals surface area contributed by atoms with Gasteiger partial charge in [0.15, 0.2) is 17.2 Å². The largest absolute Gasteiger partial charge is 0.458 e. The summed E-state index contributed by atoms with van der Waals surface area (Å²) in [5.41, 5.74) is 1.74. The molecule has 5 amide bonds. The van der Waals surface area contributed by atoms with Crippen LogP contribution in [-0.4, -0.2) is 161 Å². The van der Waals surface area contributed by atoms with Gasteiger partial charge in [-0.25, -0.2) is 14.2 Å². The lowest BCUT2D eigenvalue weighted by molar-refractivity contribution is -0.172. The third-order valence-corrected chi connectivity index (χ3v) is 15.7. The number of carbonyl (C=O) groups is 9. The Morgan fingerprint density at radius 2 is 1.53 bits per heavy atom. The number of halogens is 1. The molecule has 0 bridgehead atoms. The van der Waals surface area contributed by atoms with Gasteiger partial charge >= 0.3 is 5.97 Å². The maximum absolute atomic E-state index is 15.5. The summed E-state index contributed by atoms with van der Waals surface area (Å²) in [7, 11) is 0. The van der Waals surface area contributed by atoms with E-state index in [4.69, 9.17) is 19.6 Å². The number of fused-ring (bicyclic) bond motifs is 5. The van der Waals surface area contributed by atoms with E-state index in [2.05, 4.69) is 16.0 Å². The molecule has 0 aliphatic carbocycles. The quantitative estimate of drug-likeness (QED) is 0.0123. The molecule has 2 aromatic heterocycles. The highest BCUT2D eigenvalue weighted by Gasteiger charge is 2.45. The number of aliphatic hydroxyl groups is 6. The molecule has 456 valence electrons. The van der Waals surface area contributed by atoms with Crippen molar-refractivity contribution in [2.75, 3.05) is 26.5 Å². The topological polar surface area (TPSA) is 368 Å². The van der Waals surface area contributed by atoms with Gasteiger partial charge in [-0.15, -0.1) is 0 Å². The zero-order valence-electron chi connectivity index (χ0n) is 47.3. The number of imide groups is 1. The number of Topliss-reactive ketones (excluding diaryl/α,β-unsaturated/α-hetero) is 3. The minimum Gasteiger partial charge on any atom is -0.458 e. The lowest BCUT2D eigenvalue weighted by atomic mass is 9.86. The number of aromatic nitrogens is 2. The third-order valence-electron chi connectivity index (χ3n) is 15.7. The molecule has 24 nitrogen and oxygen atoms in total. The molecule has 0 radical (unpaired) electrons. The molecule has 3 aliphatic rings. The normalized spacial score (nSPS) is 17.7. The van der Waals surface area contributed by atoms with Crippen molar-refractivity contribution in [3.63, 3.8) is 0 Å². The van der Waals surface area contributed by atoms with Gasteiger partial charge in [-0.05, 0) is 80.7 Å². The van der Waals surface area contributed by atoms with E-state index in [1.165, 1.54) is 17.6 Å². The number of nitrogens with zero attached hydrogens (tertiary/aromatic N) is 3. The van der Waals surface area contributed by atoms with Crippen LogP contribution >= 0.6 is 0 Å². The van der Waals surface area contributed by atoms with Crippen molar-refractivity contribution >= 4 is 63.8 Å². The monoisotopic (exact) mass is 1180 g/mol. The van der Waals surface area contributed by atoms with Gasteiger partial charge in [-0.3, -0.25) is 48.1 Å². The van der Waals surface area contributed by atoms with Crippen molar-refractivity contribution in [2.24, 2.45) is 5.92 Å². The minimum absolute atomic E-state index is 0.0113. The molecular formula is C60H71FN6O18. The Bertz CT molecular complexity index is 3300. The Hall–Kier alpha value is -7.78. The van der Waals surface area contributed by atoms with Crippen molar-refractivity contribution in [2.45, 2.75) is 153 Å². The Morgan fingerprint density at radius 1 is 0.847 bits per heavy atom. The first kappa shape index (κ1) is 64.8. The first-order valence-electron chi connectivity index (χ1n) is 28.2. The molecular weight excluding hydrogens is 1110 g/mol. The second-order valence-electron chi connectivity index (χ2n) is 21.7. The molecule has 2 aromatic carbocycles. The predicted molar refractivity (Wildman–Crippen MR) is 299 cm³/mol. The fourth-order valence-corrected chi connectivity index (χ4v) is 10.5. The van der Waals surface area contributed by atoms with Crippen LogP contribution in [0.1, 0.15) is 111 Å². The predicted octanol–water partition coefficient (Wildman–Crippen LogP) is 0.587. The molecule has 0 fully saturated rings. The number of pyridine rings is 2. The SMILES string of the molecule is CC[C@@]1(O)C(=O)OCc2c1cc1n(c2=O)Cc2cc3c(CCCCOCNC(=O)[C@H](C)CC(=O)[C@H](Cc4ccccc4)NC(=O)CCC(=O)[C@H](CCC(=O)CC[C@H](O)[C@@H](O)[C@H](O)[C@H](O)CO)NC(=O)CN4C(=O)C=CC4=O)c(C)c(F)cc3nc2-1. The average Bonchev–Trinajstić information content (AvgIpc) is 1.87.